The van der Waals surface area contributed by atoms with Crippen molar-refractivity contribution in [2.24, 2.45) is 11.8 Å². The summed E-state index contributed by atoms with van der Waals surface area (Å²) in [7, 11) is 0. The van der Waals surface area contributed by atoms with Gasteiger partial charge in [-0.1, -0.05) is 13.8 Å². The smallest absolute Gasteiger partial charge is 0.136 e. The van der Waals surface area contributed by atoms with Crippen molar-refractivity contribution in [3.8, 4) is 0 Å². The van der Waals surface area contributed by atoms with Gasteiger partial charge in [0.1, 0.15) is 6.29 Å². The highest BCUT2D eigenvalue weighted by atomic mass is 16.1. The number of hydrogen-bond donors (Lipinski definition) is 1. The third kappa shape index (κ3) is 1.57. The summed E-state index contributed by atoms with van der Waals surface area (Å²) in [5.74, 6) is 1.41. The van der Waals surface area contributed by atoms with Gasteiger partial charge in [0, 0.05) is 0 Å². The van der Waals surface area contributed by atoms with Crippen LogP contribution in [0.15, 0.2) is 0 Å². The van der Waals surface area contributed by atoms with Crippen molar-refractivity contribution in [3.63, 3.8) is 0 Å². The summed E-state index contributed by atoms with van der Waals surface area (Å²) in [5.41, 5.74) is 0. The summed E-state index contributed by atoms with van der Waals surface area (Å²) >= 11 is 0. The minimum absolute atomic E-state index is 0.132. The molecule has 10 heavy (non-hydrogen) atoms. The van der Waals surface area contributed by atoms with Gasteiger partial charge >= 0.3 is 0 Å². The minimum atomic E-state index is 0.132. The Labute approximate surface area is 62.0 Å². The highest BCUT2D eigenvalue weighted by Gasteiger charge is 2.25. The summed E-state index contributed by atoms with van der Waals surface area (Å²) in [5, 5.41) is 3.17. The molecule has 1 fully saturated rings. The lowest BCUT2D eigenvalue weighted by Crippen LogP contribution is -2.22. The predicted octanol–water partition coefficient (Wildman–Crippen LogP) is 0.819. The molecule has 0 aromatic heterocycles. The molecule has 2 nitrogen and oxygen atoms in total. The Hall–Kier alpha value is -0.370. The molecule has 0 spiro atoms. The van der Waals surface area contributed by atoms with E-state index in [0.717, 1.165) is 19.3 Å². The second kappa shape index (κ2) is 3.15. The van der Waals surface area contributed by atoms with E-state index in [9.17, 15) is 4.79 Å². The molecule has 1 rings (SSSR count). The van der Waals surface area contributed by atoms with Crippen LogP contribution in [0.4, 0.5) is 0 Å². The van der Waals surface area contributed by atoms with Gasteiger partial charge in [-0.2, -0.15) is 0 Å². The number of nitrogens with one attached hydrogen (secondary N) is 1. The molecule has 2 heteroatoms. The third-order valence-corrected chi connectivity index (χ3v) is 2.31. The first-order valence-electron chi connectivity index (χ1n) is 3.92. The van der Waals surface area contributed by atoms with Gasteiger partial charge in [-0.15, -0.1) is 0 Å². The van der Waals surface area contributed by atoms with E-state index in [1.807, 2.05) is 0 Å². The van der Waals surface area contributed by atoms with Crippen LogP contribution in [0.3, 0.4) is 0 Å². The molecular weight excluding hydrogens is 126 g/mol. The first-order valence-corrected chi connectivity index (χ1v) is 3.92. The van der Waals surface area contributed by atoms with Gasteiger partial charge in [-0.25, -0.2) is 0 Å². The Bertz CT molecular complexity index is 122. The number of carbonyl (C=O) groups excluding carboxylic acids is 1. The second-order valence-electron chi connectivity index (χ2n) is 3.39. The van der Waals surface area contributed by atoms with Crippen LogP contribution in [0.5, 0.6) is 0 Å². The lowest BCUT2D eigenvalue weighted by atomic mass is 9.94. The van der Waals surface area contributed by atoms with E-state index in [-0.39, 0.29) is 6.04 Å². The number of rotatable bonds is 2. The predicted molar refractivity (Wildman–Crippen MR) is 40.8 cm³/mol. The van der Waals surface area contributed by atoms with Crippen LogP contribution < -0.4 is 5.32 Å². The molecule has 0 aromatic rings. The standard InChI is InChI=1S/C8H15NO/c1-6(2)7-3-8(5-10)9-4-7/h5-9H,3-4H2,1-2H3. The van der Waals surface area contributed by atoms with E-state index in [1.165, 1.54) is 0 Å². The maximum Gasteiger partial charge on any atom is 0.136 e. The zero-order chi connectivity index (χ0) is 7.56. The van der Waals surface area contributed by atoms with E-state index in [4.69, 9.17) is 0 Å². The Morgan fingerprint density at radius 1 is 1.60 bits per heavy atom. The fourth-order valence-electron chi connectivity index (χ4n) is 1.41. The molecule has 1 saturated heterocycles. The lowest BCUT2D eigenvalue weighted by Gasteiger charge is -2.11. The van der Waals surface area contributed by atoms with Gasteiger partial charge in [0.2, 0.25) is 0 Å². The van der Waals surface area contributed by atoms with Crippen LogP contribution in [-0.2, 0) is 4.79 Å². The van der Waals surface area contributed by atoms with Gasteiger partial charge in [-0.3, -0.25) is 0 Å². The molecule has 58 valence electrons. The molecular formula is C8H15NO. The molecule has 0 aromatic carbocycles. The van der Waals surface area contributed by atoms with Gasteiger partial charge in [-0.05, 0) is 24.8 Å². The van der Waals surface area contributed by atoms with Crippen molar-refractivity contribution < 1.29 is 4.79 Å². The third-order valence-electron chi connectivity index (χ3n) is 2.31. The number of aldehydes is 1. The van der Waals surface area contributed by atoms with Crippen LogP contribution >= 0.6 is 0 Å². The molecule has 2 unspecified atom stereocenters. The largest absolute Gasteiger partial charge is 0.307 e. The normalized spacial score (nSPS) is 33.1. The first kappa shape index (κ1) is 7.73. The van der Waals surface area contributed by atoms with Crippen LogP contribution in [0.2, 0.25) is 0 Å². The molecule has 1 aliphatic rings. The molecule has 1 N–H and O–H groups in total. The molecule has 2 atom stereocenters. The Kier molecular flexibility index (Phi) is 2.44. The quantitative estimate of drug-likeness (QED) is 0.577. The second-order valence-corrected chi connectivity index (χ2v) is 3.39. The average Bonchev–Trinajstić information content (AvgIpc) is 2.34. The molecule has 1 heterocycles. The van der Waals surface area contributed by atoms with E-state index in [2.05, 4.69) is 19.2 Å². The fraction of sp³-hybridized carbons (Fsp3) is 0.875. The lowest BCUT2D eigenvalue weighted by molar-refractivity contribution is -0.109. The highest BCUT2D eigenvalue weighted by Crippen LogP contribution is 2.20. The van der Waals surface area contributed by atoms with Crippen molar-refractivity contribution in [2.45, 2.75) is 26.3 Å². The zero-order valence-electron chi connectivity index (χ0n) is 6.63. The SMILES string of the molecule is CC(C)C1CNC(C=O)C1. The maximum atomic E-state index is 10.3. The van der Waals surface area contributed by atoms with E-state index in [1.54, 1.807) is 0 Å². The van der Waals surface area contributed by atoms with Crippen LogP contribution in [0.1, 0.15) is 20.3 Å². The van der Waals surface area contributed by atoms with E-state index >= 15 is 0 Å². The monoisotopic (exact) mass is 141 g/mol. The fourth-order valence-corrected chi connectivity index (χ4v) is 1.41. The number of carbonyl (C=O) groups is 1. The Morgan fingerprint density at radius 2 is 2.30 bits per heavy atom. The van der Waals surface area contributed by atoms with Gasteiger partial charge < -0.3 is 10.1 Å². The molecule has 0 saturated carbocycles. The van der Waals surface area contributed by atoms with E-state index < -0.39 is 0 Å². The molecule has 0 radical (unpaired) electrons. The topological polar surface area (TPSA) is 29.1 Å². The van der Waals surface area contributed by atoms with Crippen molar-refractivity contribution in [3.05, 3.63) is 0 Å². The molecule has 0 aliphatic carbocycles. The number of hydrogen-bond acceptors (Lipinski definition) is 2. The minimum Gasteiger partial charge on any atom is -0.307 e. The van der Waals surface area contributed by atoms with Crippen molar-refractivity contribution in [1.29, 1.82) is 0 Å². The first-order chi connectivity index (χ1) is 4.74. The van der Waals surface area contributed by atoms with Gasteiger partial charge in [0.25, 0.3) is 0 Å². The summed E-state index contributed by atoms with van der Waals surface area (Å²) < 4.78 is 0. The summed E-state index contributed by atoms with van der Waals surface area (Å²) in [6, 6.07) is 0.132. The summed E-state index contributed by atoms with van der Waals surface area (Å²) in [4.78, 5) is 10.3. The van der Waals surface area contributed by atoms with Gasteiger partial charge in [0.15, 0.2) is 0 Å². The van der Waals surface area contributed by atoms with Crippen molar-refractivity contribution >= 4 is 6.29 Å². The maximum absolute atomic E-state index is 10.3. The zero-order valence-corrected chi connectivity index (χ0v) is 6.63. The van der Waals surface area contributed by atoms with Gasteiger partial charge in [0.05, 0.1) is 6.04 Å². The average molecular weight is 141 g/mol. The molecule has 0 amide bonds. The van der Waals surface area contributed by atoms with Crippen molar-refractivity contribution in [2.75, 3.05) is 6.54 Å². The Morgan fingerprint density at radius 3 is 2.60 bits per heavy atom. The highest BCUT2D eigenvalue weighted by molar-refractivity contribution is 5.58. The van der Waals surface area contributed by atoms with Crippen molar-refractivity contribution in [1.82, 2.24) is 5.32 Å². The summed E-state index contributed by atoms with van der Waals surface area (Å²) in [6.07, 6.45) is 2.05. The Balaban J connectivity index is 2.35. The van der Waals surface area contributed by atoms with Crippen LogP contribution in [0.25, 0.3) is 0 Å². The van der Waals surface area contributed by atoms with Crippen LogP contribution in [-0.4, -0.2) is 18.9 Å². The van der Waals surface area contributed by atoms with E-state index in [0.29, 0.717) is 11.8 Å². The molecule has 1 aliphatic heterocycles. The molecule has 0 bridgehead atoms. The van der Waals surface area contributed by atoms with Crippen LogP contribution in [0, 0.1) is 11.8 Å². The summed E-state index contributed by atoms with van der Waals surface area (Å²) in [6.45, 7) is 5.43.